The number of halogens is 1. The maximum atomic E-state index is 4.67. The van der Waals surface area contributed by atoms with Gasteiger partial charge in [-0.15, -0.1) is 0 Å². The molecule has 0 N–H and O–H groups in total. The second-order valence-electron chi connectivity index (χ2n) is 5.03. The molecule has 1 aromatic rings. The number of hydrogen-bond donors (Lipinski definition) is 0. The first-order valence-corrected chi connectivity index (χ1v) is 6.11. The monoisotopic (exact) mass is 265 g/mol. The summed E-state index contributed by atoms with van der Waals surface area (Å²) in [5, 5.41) is 0. The summed E-state index contributed by atoms with van der Waals surface area (Å²) in [5.74, 6) is 0. The van der Waals surface area contributed by atoms with Gasteiger partial charge < -0.3 is 0 Å². The van der Waals surface area contributed by atoms with Gasteiger partial charge in [0.1, 0.15) is 0 Å². The van der Waals surface area contributed by atoms with Crippen LogP contribution in [0.4, 0.5) is 0 Å². The Bertz CT molecular complexity index is 413. The first kappa shape index (κ1) is 10.9. The maximum Gasteiger partial charge on any atom is 0.0476 e. The highest BCUT2D eigenvalue weighted by atomic mass is 79.9. The highest BCUT2D eigenvalue weighted by Crippen LogP contribution is 2.29. The van der Waals surface area contributed by atoms with Crippen molar-refractivity contribution in [1.82, 2.24) is 0 Å². The molecule has 0 saturated carbocycles. The Kier molecular flexibility index (Phi) is 2.72. The van der Waals surface area contributed by atoms with Crippen LogP contribution in [0.5, 0.6) is 0 Å². The van der Waals surface area contributed by atoms with Gasteiger partial charge in [-0.1, -0.05) is 42.8 Å². The first-order chi connectivity index (χ1) is 6.98. The van der Waals surface area contributed by atoms with Crippen LogP contribution in [0, 0.1) is 5.41 Å². The zero-order valence-corrected chi connectivity index (χ0v) is 11.1. The average molecular weight is 266 g/mol. The molecule has 0 aromatic heterocycles. The third kappa shape index (κ3) is 2.15. The standard InChI is InChI=1S/C13H16BrN/c1-13(2,3)12-11-5-4-10(14)8-9(11)6-7-15-12/h4-5,8H,6-7H2,1-3H3. The van der Waals surface area contributed by atoms with Gasteiger partial charge in [-0.2, -0.15) is 0 Å². The predicted molar refractivity (Wildman–Crippen MR) is 68.7 cm³/mol. The fourth-order valence-corrected chi connectivity index (χ4v) is 2.42. The molecule has 0 fully saturated rings. The maximum absolute atomic E-state index is 4.67. The summed E-state index contributed by atoms with van der Waals surface area (Å²) < 4.78 is 1.16. The summed E-state index contributed by atoms with van der Waals surface area (Å²) in [6, 6.07) is 6.50. The molecule has 0 atom stereocenters. The molecular formula is C13H16BrN. The molecule has 0 aliphatic carbocycles. The van der Waals surface area contributed by atoms with Crippen molar-refractivity contribution in [2.45, 2.75) is 27.2 Å². The van der Waals surface area contributed by atoms with Gasteiger partial charge in [0, 0.05) is 22.1 Å². The van der Waals surface area contributed by atoms with Crippen LogP contribution >= 0.6 is 15.9 Å². The summed E-state index contributed by atoms with van der Waals surface area (Å²) >= 11 is 3.52. The van der Waals surface area contributed by atoms with Crippen LogP contribution in [0.2, 0.25) is 0 Å². The van der Waals surface area contributed by atoms with Crippen LogP contribution in [0.1, 0.15) is 31.9 Å². The molecule has 1 heterocycles. The lowest BCUT2D eigenvalue weighted by Gasteiger charge is -2.27. The van der Waals surface area contributed by atoms with Gasteiger partial charge in [0.25, 0.3) is 0 Å². The molecule has 2 rings (SSSR count). The van der Waals surface area contributed by atoms with Gasteiger partial charge in [-0.3, -0.25) is 4.99 Å². The van der Waals surface area contributed by atoms with Crippen LogP contribution in [0.15, 0.2) is 27.7 Å². The Labute approximate surface area is 99.7 Å². The fraction of sp³-hybridized carbons (Fsp3) is 0.462. The highest BCUT2D eigenvalue weighted by Gasteiger charge is 2.24. The van der Waals surface area contributed by atoms with Crippen molar-refractivity contribution in [3.8, 4) is 0 Å². The van der Waals surface area contributed by atoms with E-state index < -0.39 is 0 Å². The summed E-state index contributed by atoms with van der Waals surface area (Å²) in [7, 11) is 0. The lowest BCUT2D eigenvalue weighted by molar-refractivity contribution is 0.585. The minimum absolute atomic E-state index is 0.142. The Morgan fingerprint density at radius 1 is 1.27 bits per heavy atom. The smallest absolute Gasteiger partial charge is 0.0476 e. The second kappa shape index (κ2) is 3.75. The van der Waals surface area contributed by atoms with Crippen molar-refractivity contribution < 1.29 is 0 Å². The number of benzene rings is 1. The molecule has 2 heteroatoms. The zero-order valence-electron chi connectivity index (χ0n) is 9.47. The third-order valence-corrected chi connectivity index (χ3v) is 3.18. The number of hydrogen-bond acceptors (Lipinski definition) is 1. The van der Waals surface area contributed by atoms with Gasteiger partial charge >= 0.3 is 0 Å². The molecule has 0 radical (unpaired) electrons. The zero-order chi connectivity index (χ0) is 11.1. The predicted octanol–water partition coefficient (Wildman–Crippen LogP) is 3.84. The van der Waals surface area contributed by atoms with E-state index >= 15 is 0 Å². The molecule has 0 unspecified atom stereocenters. The number of aliphatic imine (C=N–C) groups is 1. The molecule has 1 nitrogen and oxygen atoms in total. The lowest BCUT2D eigenvalue weighted by Crippen LogP contribution is -2.26. The van der Waals surface area contributed by atoms with Gasteiger partial charge in [-0.25, -0.2) is 0 Å². The van der Waals surface area contributed by atoms with Gasteiger partial charge in [0.15, 0.2) is 0 Å². The van der Waals surface area contributed by atoms with E-state index in [2.05, 4.69) is 59.9 Å². The van der Waals surface area contributed by atoms with Gasteiger partial charge in [0.2, 0.25) is 0 Å². The summed E-state index contributed by atoms with van der Waals surface area (Å²) in [6.07, 6.45) is 1.06. The summed E-state index contributed by atoms with van der Waals surface area (Å²) in [4.78, 5) is 4.67. The largest absolute Gasteiger partial charge is 0.288 e. The number of nitrogens with zero attached hydrogens (tertiary/aromatic N) is 1. The van der Waals surface area contributed by atoms with Crippen LogP contribution < -0.4 is 0 Å². The molecule has 0 bridgehead atoms. The Morgan fingerprint density at radius 2 is 2.00 bits per heavy atom. The molecular weight excluding hydrogens is 250 g/mol. The third-order valence-electron chi connectivity index (χ3n) is 2.68. The lowest BCUT2D eigenvalue weighted by atomic mass is 9.82. The van der Waals surface area contributed by atoms with E-state index in [1.54, 1.807) is 0 Å². The van der Waals surface area contributed by atoms with Crippen molar-refractivity contribution in [2.24, 2.45) is 10.4 Å². The average Bonchev–Trinajstić information content (AvgIpc) is 2.15. The van der Waals surface area contributed by atoms with Crippen molar-refractivity contribution in [3.05, 3.63) is 33.8 Å². The van der Waals surface area contributed by atoms with Crippen LogP contribution in [0.3, 0.4) is 0 Å². The quantitative estimate of drug-likeness (QED) is 0.676. The minimum Gasteiger partial charge on any atom is -0.288 e. The number of rotatable bonds is 0. The van der Waals surface area contributed by atoms with Crippen molar-refractivity contribution in [3.63, 3.8) is 0 Å². The van der Waals surface area contributed by atoms with E-state index in [9.17, 15) is 0 Å². The first-order valence-electron chi connectivity index (χ1n) is 5.32. The van der Waals surface area contributed by atoms with Gasteiger partial charge in [0.05, 0.1) is 0 Å². The molecule has 0 saturated heterocycles. The van der Waals surface area contributed by atoms with Crippen molar-refractivity contribution >= 4 is 21.6 Å². The molecule has 1 aromatic carbocycles. The molecule has 0 amide bonds. The van der Waals surface area contributed by atoms with E-state index in [0.717, 1.165) is 17.4 Å². The fourth-order valence-electron chi connectivity index (χ4n) is 2.01. The Hall–Kier alpha value is -0.630. The van der Waals surface area contributed by atoms with Crippen LogP contribution in [-0.4, -0.2) is 12.3 Å². The normalized spacial score (nSPS) is 15.9. The Morgan fingerprint density at radius 3 is 2.67 bits per heavy atom. The molecule has 1 aliphatic heterocycles. The summed E-state index contributed by atoms with van der Waals surface area (Å²) in [5.41, 5.74) is 4.14. The highest BCUT2D eigenvalue weighted by molar-refractivity contribution is 9.10. The summed E-state index contributed by atoms with van der Waals surface area (Å²) in [6.45, 7) is 7.60. The van der Waals surface area contributed by atoms with E-state index in [4.69, 9.17) is 0 Å². The Balaban J connectivity index is 2.52. The SMILES string of the molecule is CC(C)(C)C1=NCCc2cc(Br)ccc21. The van der Waals surface area contributed by atoms with E-state index in [1.165, 1.54) is 16.8 Å². The van der Waals surface area contributed by atoms with Gasteiger partial charge in [-0.05, 0) is 29.7 Å². The van der Waals surface area contributed by atoms with E-state index in [0.29, 0.717) is 0 Å². The minimum atomic E-state index is 0.142. The molecule has 15 heavy (non-hydrogen) atoms. The number of fused-ring (bicyclic) bond motifs is 1. The van der Waals surface area contributed by atoms with Crippen molar-refractivity contribution in [1.29, 1.82) is 0 Å². The van der Waals surface area contributed by atoms with Crippen LogP contribution in [0.25, 0.3) is 0 Å². The van der Waals surface area contributed by atoms with E-state index in [1.807, 2.05) is 0 Å². The molecule has 0 spiro atoms. The topological polar surface area (TPSA) is 12.4 Å². The molecule has 80 valence electrons. The van der Waals surface area contributed by atoms with Crippen LogP contribution in [-0.2, 0) is 6.42 Å². The van der Waals surface area contributed by atoms with E-state index in [-0.39, 0.29) is 5.41 Å². The van der Waals surface area contributed by atoms with Crippen molar-refractivity contribution in [2.75, 3.05) is 6.54 Å². The second-order valence-corrected chi connectivity index (χ2v) is 5.95. The molecule has 1 aliphatic rings.